The molecular formula is C31H46O7. The first-order valence-electron chi connectivity index (χ1n) is 15.1. The minimum atomic E-state index is -0.641. The van der Waals surface area contributed by atoms with E-state index in [0.717, 1.165) is 45.1 Å². The van der Waals surface area contributed by atoms with Crippen LogP contribution in [0.5, 0.6) is 0 Å². The minimum absolute atomic E-state index is 0.0105. The number of ketones is 1. The average Bonchev–Trinajstić information content (AvgIpc) is 3.26. The first-order chi connectivity index (χ1) is 17.9. The van der Waals surface area contributed by atoms with Gasteiger partial charge in [-0.15, -0.1) is 0 Å². The first-order valence-corrected chi connectivity index (χ1v) is 15.1. The van der Waals surface area contributed by atoms with Crippen LogP contribution in [0, 0.1) is 52.3 Å². The SMILES string of the molecule is CC(=O)O[C@@H]1C[C@@H]2CC[C@@H]3[C@H]([C@H](OC(C)=O)C[C@]4(C)[C@@H]5[C@H](C[C@@H]34)O[C@]3(CC[C@@H](C)CO3)[C@H]5C)[C@@]2(C)CC1=O. The molecule has 7 heteroatoms. The molecule has 6 aliphatic rings. The van der Waals surface area contributed by atoms with Crippen molar-refractivity contribution in [1.29, 1.82) is 0 Å². The van der Waals surface area contributed by atoms with Crippen molar-refractivity contribution in [2.45, 2.75) is 117 Å². The smallest absolute Gasteiger partial charge is 0.303 e. The van der Waals surface area contributed by atoms with E-state index in [1.807, 2.05) is 0 Å². The van der Waals surface area contributed by atoms with E-state index < -0.39 is 17.9 Å². The van der Waals surface area contributed by atoms with Crippen LogP contribution in [0.3, 0.4) is 0 Å². The topological polar surface area (TPSA) is 88.1 Å². The summed E-state index contributed by atoms with van der Waals surface area (Å²) in [6, 6.07) is 0. The molecule has 0 unspecified atom stereocenters. The van der Waals surface area contributed by atoms with Gasteiger partial charge in [-0.3, -0.25) is 14.4 Å². The molecule has 0 N–H and O–H groups in total. The van der Waals surface area contributed by atoms with Crippen LogP contribution in [0.4, 0.5) is 0 Å². The second-order valence-electron chi connectivity index (χ2n) is 14.4. The fraction of sp³-hybridized carbons (Fsp3) is 0.903. The summed E-state index contributed by atoms with van der Waals surface area (Å²) in [4.78, 5) is 37.4. The third-order valence-electron chi connectivity index (χ3n) is 12.3. The lowest BCUT2D eigenvalue weighted by Crippen LogP contribution is -2.61. The molecule has 2 heterocycles. The molecule has 7 nitrogen and oxygen atoms in total. The van der Waals surface area contributed by atoms with Gasteiger partial charge in [0, 0.05) is 38.5 Å². The number of carbonyl (C=O) groups excluding carboxylic acids is 3. The van der Waals surface area contributed by atoms with E-state index in [-0.39, 0.29) is 52.5 Å². The van der Waals surface area contributed by atoms with Crippen LogP contribution in [-0.2, 0) is 33.3 Å². The normalized spacial score (nSPS) is 53.5. The Hall–Kier alpha value is -1.47. The molecule has 1 spiro atoms. The van der Waals surface area contributed by atoms with Crippen LogP contribution >= 0.6 is 0 Å². The number of rotatable bonds is 2. The molecule has 6 fully saturated rings. The van der Waals surface area contributed by atoms with Crippen molar-refractivity contribution in [3.63, 3.8) is 0 Å². The Morgan fingerprint density at radius 1 is 0.947 bits per heavy atom. The number of ether oxygens (including phenoxy) is 4. The Morgan fingerprint density at radius 3 is 2.34 bits per heavy atom. The minimum Gasteiger partial charge on any atom is -0.462 e. The molecule has 0 aromatic heterocycles. The molecule has 0 aromatic rings. The predicted molar refractivity (Wildman–Crippen MR) is 139 cm³/mol. The predicted octanol–water partition coefficient (Wildman–Crippen LogP) is 5.09. The van der Waals surface area contributed by atoms with Crippen LogP contribution in [0.25, 0.3) is 0 Å². The van der Waals surface area contributed by atoms with Crippen molar-refractivity contribution in [1.82, 2.24) is 0 Å². The van der Waals surface area contributed by atoms with Gasteiger partial charge in [-0.25, -0.2) is 0 Å². The molecule has 4 aliphatic carbocycles. The summed E-state index contributed by atoms with van der Waals surface area (Å²) < 4.78 is 25.0. The Balaban J connectivity index is 1.32. The third-order valence-corrected chi connectivity index (χ3v) is 12.3. The summed E-state index contributed by atoms with van der Waals surface area (Å²) in [6.45, 7) is 12.9. The molecule has 212 valence electrons. The summed E-state index contributed by atoms with van der Waals surface area (Å²) in [5.41, 5.74) is -0.282. The van der Waals surface area contributed by atoms with E-state index in [0.29, 0.717) is 36.5 Å². The zero-order valence-corrected chi connectivity index (χ0v) is 24.0. The maximum atomic E-state index is 13.3. The maximum Gasteiger partial charge on any atom is 0.303 e. The lowest BCUT2D eigenvalue weighted by molar-refractivity contribution is -0.274. The molecule has 38 heavy (non-hydrogen) atoms. The van der Waals surface area contributed by atoms with E-state index in [1.54, 1.807) is 0 Å². The number of hydrogen-bond acceptors (Lipinski definition) is 7. The second kappa shape index (κ2) is 9.02. The van der Waals surface area contributed by atoms with Gasteiger partial charge in [0.1, 0.15) is 6.10 Å². The van der Waals surface area contributed by atoms with Gasteiger partial charge in [-0.2, -0.15) is 0 Å². The Labute approximate surface area is 227 Å². The van der Waals surface area contributed by atoms with E-state index in [9.17, 15) is 14.4 Å². The van der Waals surface area contributed by atoms with E-state index in [2.05, 4.69) is 27.7 Å². The molecule has 0 radical (unpaired) electrons. The lowest BCUT2D eigenvalue weighted by Gasteiger charge is -2.62. The van der Waals surface area contributed by atoms with Gasteiger partial charge >= 0.3 is 11.9 Å². The highest BCUT2D eigenvalue weighted by Gasteiger charge is 2.71. The number of carbonyl (C=O) groups is 3. The molecule has 6 rings (SSSR count). The molecule has 0 aromatic carbocycles. The van der Waals surface area contributed by atoms with Gasteiger partial charge in [0.2, 0.25) is 0 Å². The molecular weight excluding hydrogens is 484 g/mol. The van der Waals surface area contributed by atoms with Crippen molar-refractivity contribution in [2.75, 3.05) is 6.61 Å². The zero-order chi connectivity index (χ0) is 27.2. The standard InChI is InChI=1S/C31H46O7/c1-16-9-10-31(35-15-16)17(2)27-25(38-31)12-22-21-8-7-20-11-24(36-18(3)32)23(34)13-29(20,5)28(21)26(37-19(4)33)14-30(22,27)6/h16-17,20-22,24-28H,7-15H2,1-6H3/t16-,17+,20+,21+,22+,24-,25+,26-,27+,28-,29+,30+,31-/m1/s1. The number of Topliss-reactive ketones (excluding diaryl/α,β-unsaturated/α-hetero) is 1. The number of hydrogen-bond donors (Lipinski definition) is 0. The first kappa shape index (κ1) is 26.7. The third kappa shape index (κ3) is 3.84. The van der Waals surface area contributed by atoms with E-state index in [4.69, 9.17) is 18.9 Å². The largest absolute Gasteiger partial charge is 0.462 e. The van der Waals surface area contributed by atoms with Crippen LogP contribution in [0.1, 0.15) is 92.9 Å². The Kier molecular flexibility index (Phi) is 6.35. The van der Waals surface area contributed by atoms with Crippen molar-refractivity contribution in [2.24, 2.45) is 52.3 Å². The highest BCUT2D eigenvalue weighted by atomic mass is 16.7. The fourth-order valence-electron chi connectivity index (χ4n) is 10.8. The lowest BCUT2D eigenvalue weighted by atomic mass is 9.43. The van der Waals surface area contributed by atoms with Crippen molar-refractivity contribution >= 4 is 17.7 Å². The summed E-state index contributed by atoms with van der Waals surface area (Å²) in [6.07, 6.45) is 6.24. The molecule has 13 atom stereocenters. The highest BCUT2D eigenvalue weighted by Crippen LogP contribution is 2.71. The van der Waals surface area contributed by atoms with Crippen molar-refractivity contribution in [3.05, 3.63) is 0 Å². The van der Waals surface area contributed by atoms with Crippen LogP contribution in [-0.4, -0.2) is 48.4 Å². The molecule has 0 bridgehead atoms. The maximum absolute atomic E-state index is 13.3. The molecule has 2 aliphatic heterocycles. The van der Waals surface area contributed by atoms with Gasteiger partial charge in [-0.05, 0) is 78.9 Å². The van der Waals surface area contributed by atoms with Crippen molar-refractivity contribution < 1.29 is 33.3 Å². The summed E-state index contributed by atoms with van der Waals surface area (Å²) >= 11 is 0. The number of esters is 2. The van der Waals surface area contributed by atoms with Gasteiger partial charge in [0.15, 0.2) is 17.7 Å². The molecule has 2 saturated heterocycles. The van der Waals surface area contributed by atoms with Gasteiger partial charge in [0.05, 0.1) is 12.7 Å². The summed E-state index contributed by atoms with van der Waals surface area (Å²) in [5.74, 6) is 1.36. The van der Waals surface area contributed by atoms with Crippen LogP contribution in [0.15, 0.2) is 0 Å². The van der Waals surface area contributed by atoms with E-state index >= 15 is 0 Å². The molecule has 4 saturated carbocycles. The van der Waals surface area contributed by atoms with Gasteiger partial charge < -0.3 is 18.9 Å². The monoisotopic (exact) mass is 530 g/mol. The Morgan fingerprint density at radius 2 is 1.68 bits per heavy atom. The van der Waals surface area contributed by atoms with Gasteiger partial charge in [0.25, 0.3) is 0 Å². The zero-order valence-electron chi connectivity index (χ0n) is 24.0. The highest BCUT2D eigenvalue weighted by molar-refractivity contribution is 5.86. The van der Waals surface area contributed by atoms with Crippen LogP contribution in [0.2, 0.25) is 0 Å². The second-order valence-corrected chi connectivity index (χ2v) is 14.4. The fourth-order valence-corrected chi connectivity index (χ4v) is 10.8. The number of fused-ring (bicyclic) bond motifs is 7. The van der Waals surface area contributed by atoms with Gasteiger partial charge in [-0.1, -0.05) is 27.7 Å². The van der Waals surface area contributed by atoms with Crippen LogP contribution < -0.4 is 0 Å². The van der Waals surface area contributed by atoms with E-state index in [1.165, 1.54) is 13.8 Å². The average molecular weight is 531 g/mol. The summed E-state index contributed by atoms with van der Waals surface area (Å²) in [5, 5.41) is 0. The summed E-state index contributed by atoms with van der Waals surface area (Å²) in [7, 11) is 0. The molecule has 0 amide bonds. The Bertz CT molecular complexity index is 1000. The quantitative estimate of drug-likeness (QED) is 0.460. The van der Waals surface area contributed by atoms with Crippen molar-refractivity contribution in [3.8, 4) is 0 Å².